The van der Waals surface area contributed by atoms with E-state index in [9.17, 15) is 4.79 Å². The highest BCUT2D eigenvalue weighted by molar-refractivity contribution is 5.96. The van der Waals surface area contributed by atoms with E-state index in [1.807, 2.05) is 18.3 Å². The fourth-order valence-corrected chi connectivity index (χ4v) is 3.67. The molecular weight excluding hydrogens is 318 g/mol. The molecule has 1 N–H and O–H groups in total. The zero-order valence-corrected chi connectivity index (χ0v) is 14.2. The van der Waals surface area contributed by atoms with E-state index in [1.54, 1.807) is 6.20 Å². The van der Waals surface area contributed by atoms with Crippen molar-refractivity contribution in [1.82, 2.24) is 15.3 Å². The minimum absolute atomic E-state index is 0.0720. The molecule has 4 rings (SSSR count). The molecule has 0 spiro atoms. The topological polar surface area (TPSA) is 73.3 Å². The Morgan fingerprint density at radius 2 is 2.04 bits per heavy atom. The summed E-state index contributed by atoms with van der Waals surface area (Å²) >= 11 is 0. The van der Waals surface area contributed by atoms with Crippen LogP contribution in [0.2, 0.25) is 0 Å². The first kappa shape index (κ1) is 16.4. The smallest absolute Gasteiger partial charge is 0.270 e. The minimum atomic E-state index is -0.123. The van der Waals surface area contributed by atoms with Gasteiger partial charge in [0.05, 0.1) is 18.2 Å². The Hall–Kier alpha value is -2.05. The largest absolute Gasteiger partial charge is 0.381 e. The Bertz CT molecular complexity index is 753. The summed E-state index contributed by atoms with van der Waals surface area (Å²) < 4.78 is 10.9. The van der Waals surface area contributed by atoms with Crippen molar-refractivity contribution < 1.29 is 14.3 Å². The van der Waals surface area contributed by atoms with E-state index in [1.165, 1.54) is 0 Å². The lowest BCUT2D eigenvalue weighted by Crippen LogP contribution is -2.41. The van der Waals surface area contributed by atoms with Crippen LogP contribution in [0.4, 0.5) is 0 Å². The van der Waals surface area contributed by atoms with Gasteiger partial charge in [0.1, 0.15) is 5.69 Å². The molecule has 4 heterocycles. The van der Waals surface area contributed by atoms with E-state index in [0.29, 0.717) is 18.2 Å². The SMILES string of the molecule is O=C(NC1CCCOC1)c1cc(C2CCOCC2)c2cnccc2n1. The number of ether oxygens (including phenoxy) is 2. The fraction of sp³-hybridized carbons (Fsp3) is 0.526. The van der Waals surface area contributed by atoms with E-state index >= 15 is 0 Å². The van der Waals surface area contributed by atoms with Crippen LogP contribution >= 0.6 is 0 Å². The summed E-state index contributed by atoms with van der Waals surface area (Å²) in [6.45, 7) is 2.88. The maximum atomic E-state index is 12.7. The van der Waals surface area contributed by atoms with Crippen molar-refractivity contribution in [1.29, 1.82) is 0 Å². The number of fused-ring (bicyclic) bond motifs is 1. The Balaban J connectivity index is 1.65. The standard InChI is InChI=1S/C19H23N3O3/c23-19(21-14-2-1-7-25-12-14)18-10-15(13-4-8-24-9-5-13)16-11-20-6-3-17(16)22-18/h3,6,10-11,13-14H,1-2,4-5,7-9,12H2,(H,21,23). The Labute approximate surface area is 146 Å². The lowest BCUT2D eigenvalue weighted by Gasteiger charge is -2.25. The second-order valence-electron chi connectivity index (χ2n) is 6.76. The molecule has 0 radical (unpaired) electrons. The Morgan fingerprint density at radius 1 is 1.16 bits per heavy atom. The van der Waals surface area contributed by atoms with Crippen LogP contribution in [0.1, 0.15) is 47.7 Å². The maximum Gasteiger partial charge on any atom is 0.270 e. The van der Waals surface area contributed by atoms with E-state index in [4.69, 9.17) is 9.47 Å². The quantitative estimate of drug-likeness (QED) is 0.928. The number of nitrogens with zero attached hydrogens (tertiary/aromatic N) is 2. The zero-order chi connectivity index (χ0) is 17.1. The lowest BCUT2D eigenvalue weighted by atomic mass is 9.89. The lowest BCUT2D eigenvalue weighted by molar-refractivity contribution is 0.0622. The van der Waals surface area contributed by atoms with Crippen molar-refractivity contribution in [3.63, 3.8) is 0 Å². The first-order valence-corrected chi connectivity index (χ1v) is 9.02. The third-order valence-electron chi connectivity index (χ3n) is 5.03. The van der Waals surface area contributed by atoms with Gasteiger partial charge in [0.15, 0.2) is 0 Å². The van der Waals surface area contributed by atoms with Crippen molar-refractivity contribution >= 4 is 16.8 Å². The number of hydrogen-bond acceptors (Lipinski definition) is 5. The van der Waals surface area contributed by atoms with Crippen molar-refractivity contribution in [2.75, 3.05) is 26.4 Å². The minimum Gasteiger partial charge on any atom is -0.381 e. The molecule has 0 bridgehead atoms. The van der Waals surface area contributed by atoms with Crippen LogP contribution in [0.5, 0.6) is 0 Å². The van der Waals surface area contributed by atoms with Crippen LogP contribution < -0.4 is 5.32 Å². The number of rotatable bonds is 3. The predicted octanol–water partition coefficient (Wildman–Crippen LogP) is 2.43. The number of amides is 1. The summed E-state index contributed by atoms with van der Waals surface area (Å²) in [5.41, 5.74) is 2.46. The third-order valence-corrected chi connectivity index (χ3v) is 5.03. The van der Waals surface area contributed by atoms with Crippen LogP contribution in [0.3, 0.4) is 0 Å². The second kappa shape index (κ2) is 7.45. The van der Waals surface area contributed by atoms with Crippen molar-refractivity contribution in [3.05, 3.63) is 35.8 Å². The molecule has 25 heavy (non-hydrogen) atoms. The summed E-state index contributed by atoms with van der Waals surface area (Å²) in [6.07, 6.45) is 7.44. The number of aromatic nitrogens is 2. The van der Waals surface area contributed by atoms with Gasteiger partial charge < -0.3 is 14.8 Å². The first-order chi connectivity index (χ1) is 12.3. The predicted molar refractivity (Wildman–Crippen MR) is 93.6 cm³/mol. The molecule has 2 fully saturated rings. The van der Waals surface area contributed by atoms with Gasteiger partial charge >= 0.3 is 0 Å². The number of nitrogens with one attached hydrogen (secondary N) is 1. The first-order valence-electron chi connectivity index (χ1n) is 9.02. The summed E-state index contributed by atoms with van der Waals surface area (Å²) in [5, 5.41) is 4.10. The summed E-state index contributed by atoms with van der Waals surface area (Å²) in [7, 11) is 0. The molecular formula is C19H23N3O3. The third kappa shape index (κ3) is 3.65. The van der Waals surface area contributed by atoms with Gasteiger partial charge in [-0.1, -0.05) is 0 Å². The van der Waals surface area contributed by atoms with Crippen LogP contribution in [0.25, 0.3) is 10.9 Å². The van der Waals surface area contributed by atoms with Crippen molar-refractivity contribution in [2.24, 2.45) is 0 Å². The van der Waals surface area contributed by atoms with E-state index in [-0.39, 0.29) is 11.9 Å². The van der Waals surface area contributed by atoms with Gasteiger partial charge in [-0.15, -0.1) is 0 Å². The number of carbonyl (C=O) groups excluding carboxylic acids is 1. The number of hydrogen-bond donors (Lipinski definition) is 1. The van der Waals surface area contributed by atoms with Gasteiger partial charge in [-0.05, 0) is 49.3 Å². The highest BCUT2D eigenvalue weighted by Gasteiger charge is 2.23. The normalized spacial score (nSPS) is 22.0. The van der Waals surface area contributed by atoms with E-state index in [2.05, 4.69) is 15.3 Å². The summed E-state index contributed by atoms with van der Waals surface area (Å²) in [5.74, 6) is 0.260. The van der Waals surface area contributed by atoms with Gasteiger partial charge in [-0.3, -0.25) is 9.78 Å². The summed E-state index contributed by atoms with van der Waals surface area (Å²) in [6, 6.07) is 3.89. The molecule has 2 aliphatic heterocycles. The Kier molecular flexibility index (Phi) is 4.90. The average Bonchev–Trinajstić information content (AvgIpc) is 2.68. The van der Waals surface area contributed by atoms with Gasteiger partial charge in [0.25, 0.3) is 5.91 Å². The molecule has 1 atom stereocenters. The zero-order valence-electron chi connectivity index (χ0n) is 14.2. The van der Waals surface area contributed by atoms with Gasteiger partial charge in [0.2, 0.25) is 0 Å². The molecule has 1 amide bonds. The Morgan fingerprint density at radius 3 is 2.84 bits per heavy atom. The van der Waals surface area contributed by atoms with Gasteiger partial charge in [-0.25, -0.2) is 4.98 Å². The number of carbonyl (C=O) groups is 1. The van der Waals surface area contributed by atoms with Crippen LogP contribution in [0.15, 0.2) is 24.5 Å². The molecule has 132 valence electrons. The molecule has 1 unspecified atom stereocenters. The summed E-state index contributed by atoms with van der Waals surface area (Å²) in [4.78, 5) is 21.5. The van der Waals surface area contributed by atoms with Crippen LogP contribution in [0, 0.1) is 0 Å². The fourth-order valence-electron chi connectivity index (χ4n) is 3.67. The van der Waals surface area contributed by atoms with Crippen molar-refractivity contribution in [2.45, 2.75) is 37.6 Å². The molecule has 6 nitrogen and oxygen atoms in total. The van der Waals surface area contributed by atoms with E-state index in [0.717, 1.165) is 62.0 Å². The number of pyridine rings is 2. The highest BCUT2D eigenvalue weighted by Crippen LogP contribution is 2.32. The highest BCUT2D eigenvalue weighted by atomic mass is 16.5. The molecule has 2 aromatic heterocycles. The molecule has 2 aliphatic rings. The van der Waals surface area contributed by atoms with Gasteiger partial charge in [0, 0.05) is 37.6 Å². The molecule has 0 aliphatic carbocycles. The molecule has 6 heteroatoms. The molecule has 0 aromatic carbocycles. The maximum absolute atomic E-state index is 12.7. The van der Waals surface area contributed by atoms with E-state index < -0.39 is 0 Å². The van der Waals surface area contributed by atoms with Crippen LogP contribution in [-0.2, 0) is 9.47 Å². The second-order valence-corrected chi connectivity index (χ2v) is 6.76. The average molecular weight is 341 g/mol. The van der Waals surface area contributed by atoms with Gasteiger partial charge in [-0.2, -0.15) is 0 Å². The molecule has 2 saturated heterocycles. The molecule has 2 aromatic rings. The monoisotopic (exact) mass is 341 g/mol. The van der Waals surface area contributed by atoms with Crippen LogP contribution in [-0.4, -0.2) is 48.3 Å². The van der Waals surface area contributed by atoms with Crippen molar-refractivity contribution in [3.8, 4) is 0 Å². The molecule has 0 saturated carbocycles.